The van der Waals surface area contributed by atoms with Crippen LogP contribution in [0.1, 0.15) is 22.8 Å². The number of carbonyl (C=O) groups excluding carboxylic acids is 2. The molecular weight excluding hydrogens is 361 g/mol. The van der Waals surface area contributed by atoms with Gasteiger partial charge in [0.25, 0.3) is 5.91 Å². The number of ether oxygens (including phenoxy) is 1. The van der Waals surface area contributed by atoms with Crippen molar-refractivity contribution in [2.24, 2.45) is 0 Å². The molecule has 1 unspecified atom stereocenters. The molecule has 2 aromatic carbocycles. The molecule has 1 atom stereocenters. The van der Waals surface area contributed by atoms with Gasteiger partial charge in [0.15, 0.2) is 0 Å². The Bertz CT molecular complexity index is 777. The van der Waals surface area contributed by atoms with Gasteiger partial charge in [-0.25, -0.2) is 0 Å². The highest BCUT2D eigenvalue weighted by molar-refractivity contribution is 5.97. The van der Waals surface area contributed by atoms with Crippen LogP contribution in [-0.4, -0.2) is 36.2 Å². The lowest BCUT2D eigenvalue weighted by molar-refractivity contribution is -0.274. The number of benzene rings is 2. The quantitative estimate of drug-likeness (QED) is 0.836. The van der Waals surface area contributed by atoms with E-state index in [2.05, 4.69) is 10.1 Å². The fraction of sp³-hybridized carbons (Fsp3) is 0.263. The molecule has 2 aromatic rings. The molecule has 0 radical (unpaired) electrons. The van der Waals surface area contributed by atoms with Crippen LogP contribution < -0.4 is 10.1 Å². The van der Waals surface area contributed by atoms with Crippen molar-refractivity contribution in [2.75, 3.05) is 7.05 Å². The molecule has 0 aliphatic rings. The predicted molar refractivity (Wildman–Crippen MR) is 93.0 cm³/mol. The van der Waals surface area contributed by atoms with Crippen LogP contribution >= 0.6 is 0 Å². The van der Waals surface area contributed by atoms with Crippen molar-refractivity contribution in [3.8, 4) is 5.75 Å². The molecule has 0 aliphatic heterocycles. The average Bonchev–Trinajstić information content (AvgIpc) is 2.62. The van der Waals surface area contributed by atoms with Gasteiger partial charge in [-0.3, -0.25) is 9.59 Å². The zero-order valence-corrected chi connectivity index (χ0v) is 14.8. The molecule has 0 saturated carbocycles. The number of nitrogens with zero attached hydrogens (tertiary/aromatic N) is 1. The highest BCUT2D eigenvalue weighted by atomic mass is 19.4. The molecule has 0 aliphatic carbocycles. The highest BCUT2D eigenvalue weighted by Gasteiger charge is 2.31. The Morgan fingerprint density at radius 3 is 2.22 bits per heavy atom. The van der Waals surface area contributed by atoms with E-state index in [0.29, 0.717) is 11.1 Å². The normalized spacial score (nSPS) is 12.2. The van der Waals surface area contributed by atoms with Gasteiger partial charge in [0.2, 0.25) is 5.91 Å². The molecule has 144 valence electrons. The second-order valence-corrected chi connectivity index (χ2v) is 5.95. The van der Waals surface area contributed by atoms with Crippen LogP contribution in [0.5, 0.6) is 5.75 Å². The number of nitrogens with one attached hydrogen (secondary N) is 1. The van der Waals surface area contributed by atoms with Crippen molar-refractivity contribution >= 4 is 11.8 Å². The summed E-state index contributed by atoms with van der Waals surface area (Å²) in [6.45, 7) is 1.75. The number of carbonyl (C=O) groups is 2. The minimum Gasteiger partial charge on any atom is -0.406 e. The second-order valence-electron chi connectivity index (χ2n) is 5.95. The van der Waals surface area contributed by atoms with Gasteiger partial charge >= 0.3 is 6.36 Å². The van der Waals surface area contributed by atoms with Crippen LogP contribution in [0.15, 0.2) is 54.6 Å². The highest BCUT2D eigenvalue weighted by Crippen LogP contribution is 2.23. The molecule has 0 spiro atoms. The Kier molecular flexibility index (Phi) is 6.44. The summed E-state index contributed by atoms with van der Waals surface area (Å²) in [5.74, 6) is -1.02. The van der Waals surface area contributed by atoms with Crippen molar-refractivity contribution in [1.29, 1.82) is 0 Å². The van der Waals surface area contributed by atoms with Crippen LogP contribution in [0.2, 0.25) is 0 Å². The molecule has 0 heterocycles. The van der Waals surface area contributed by atoms with Crippen LogP contribution in [0.4, 0.5) is 13.2 Å². The SMILES string of the molecule is CC(NC(=O)c1ccccc1)C(=O)N(C)Cc1ccc(OC(F)(F)F)cc1. The number of amides is 2. The number of halogens is 3. The molecule has 27 heavy (non-hydrogen) atoms. The van der Waals surface area contributed by atoms with Gasteiger partial charge in [0.05, 0.1) is 0 Å². The summed E-state index contributed by atoms with van der Waals surface area (Å²) < 4.78 is 40.3. The van der Waals surface area contributed by atoms with E-state index in [1.54, 1.807) is 44.3 Å². The molecule has 0 aromatic heterocycles. The molecule has 0 bridgehead atoms. The van der Waals surface area contributed by atoms with E-state index in [-0.39, 0.29) is 24.1 Å². The van der Waals surface area contributed by atoms with Crippen LogP contribution in [0.3, 0.4) is 0 Å². The van der Waals surface area contributed by atoms with Crippen LogP contribution in [0, 0.1) is 0 Å². The molecule has 5 nitrogen and oxygen atoms in total. The summed E-state index contributed by atoms with van der Waals surface area (Å²) in [5, 5.41) is 2.62. The first-order chi connectivity index (χ1) is 12.7. The number of likely N-dealkylation sites (N-methyl/N-ethyl adjacent to an activating group) is 1. The number of rotatable bonds is 6. The first kappa shape index (κ1) is 20.3. The minimum absolute atomic E-state index is 0.177. The van der Waals surface area contributed by atoms with E-state index in [1.165, 1.54) is 29.2 Å². The average molecular weight is 380 g/mol. The Balaban J connectivity index is 1.91. The molecule has 0 fully saturated rings. The fourth-order valence-corrected chi connectivity index (χ4v) is 2.41. The third kappa shape index (κ3) is 6.32. The Labute approximate surface area is 154 Å². The summed E-state index contributed by atoms with van der Waals surface area (Å²) in [5.41, 5.74) is 1.07. The van der Waals surface area contributed by atoms with E-state index in [4.69, 9.17) is 0 Å². The molecule has 0 saturated heterocycles. The van der Waals surface area contributed by atoms with Crippen LogP contribution in [0.25, 0.3) is 0 Å². The zero-order valence-electron chi connectivity index (χ0n) is 14.8. The topological polar surface area (TPSA) is 58.6 Å². The number of hydrogen-bond acceptors (Lipinski definition) is 3. The van der Waals surface area contributed by atoms with E-state index in [0.717, 1.165) is 0 Å². The Morgan fingerprint density at radius 2 is 1.67 bits per heavy atom. The van der Waals surface area contributed by atoms with Gasteiger partial charge in [-0.15, -0.1) is 13.2 Å². The largest absolute Gasteiger partial charge is 0.573 e. The van der Waals surface area contributed by atoms with Crippen molar-refractivity contribution in [1.82, 2.24) is 10.2 Å². The maximum Gasteiger partial charge on any atom is 0.573 e. The molecule has 1 N–H and O–H groups in total. The third-order valence-corrected chi connectivity index (χ3v) is 3.71. The number of alkyl halides is 3. The van der Waals surface area contributed by atoms with Crippen molar-refractivity contribution in [2.45, 2.75) is 25.9 Å². The van der Waals surface area contributed by atoms with Gasteiger partial charge in [-0.1, -0.05) is 30.3 Å². The van der Waals surface area contributed by atoms with Crippen LogP contribution in [-0.2, 0) is 11.3 Å². The summed E-state index contributed by atoms with van der Waals surface area (Å²) in [6.07, 6.45) is -4.75. The van der Waals surface area contributed by atoms with Gasteiger partial charge in [0.1, 0.15) is 11.8 Å². The summed E-state index contributed by atoms with van der Waals surface area (Å²) in [4.78, 5) is 25.9. The lowest BCUT2D eigenvalue weighted by atomic mass is 10.1. The van der Waals surface area contributed by atoms with Gasteiger partial charge in [-0.2, -0.15) is 0 Å². The monoisotopic (exact) mass is 380 g/mol. The first-order valence-electron chi connectivity index (χ1n) is 8.11. The molecule has 2 amide bonds. The fourth-order valence-electron chi connectivity index (χ4n) is 2.41. The Morgan fingerprint density at radius 1 is 1.07 bits per heavy atom. The standard InChI is InChI=1S/C19H19F3N2O3/c1-13(23-17(25)15-6-4-3-5-7-15)18(26)24(2)12-14-8-10-16(11-9-14)27-19(20,21)22/h3-11,13H,12H2,1-2H3,(H,23,25). The number of hydrogen-bond donors (Lipinski definition) is 1. The zero-order chi connectivity index (χ0) is 20.0. The van der Waals surface area contributed by atoms with Gasteiger partial charge in [-0.05, 0) is 36.8 Å². The summed E-state index contributed by atoms with van der Waals surface area (Å²) in [6, 6.07) is 13.0. The van der Waals surface area contributed by atoms with E-state index >= 15 is 0 Å². The maximum atomic E-state index is 12.4. The smallest absolute Gasteiger partial charge is 0.406 e. The van der Waals surface area contributed by atoms with Crippen molar-refractivity contribution in [3.63, 3.8) is 0 Å². The van der Waals surface area contributed by atoms with E-state index < -0.39 is 12.4 Å². The second kappa shape index (κ2) is 8.57. The summed E-state index contributed by atoms with van der Waals surface area (Å²) >= 11 is 0. The van der Waals surface area contributed by atoms with Crippen molar-refractivity contribution < 1.29 is 27.5 Å². The maximum absolute atomic E-state index is 12.4. The Hall–Kier alpha value is -3.03. The first-order valence-corrected chi connectivity index (χ1v) is 8.11. The predicted octanol–water partition coefficient (Wildman–Crippen LogP) is 3.36. The van der Waals surface area contributed by atoms with Gasteiger partial charge < -0.3 is 15.0 Å². The molecular formula is C19H19F3N2O3. The molecule has 2 rings (SSSR count). The van der Waals surface area contributed by atoms with E-state index in [1.807, 2.05) is 0 Å². The van der Waals surface area contributed by atoms with Gasteiger partial charge in [0, 0.05) is 19.2 Å². The minimum atomic E-state index is -4.75. The molecule has 8 heteroatoms. The lowest BCUT2D eigenvalue weighted by Crippen LogP contribution is -2.45. The lowest BCUT2D eigenvalue weighted by Gasteiger charge is -2.22. The summed E-state index contributed by atoms with van der Waals surface area (Å²) in [7, 11) is 1.55. The third-order valence-electron chi connectivity index (χ3n) is 3.71. The van der Waals surface area contributed by atoms with E-state index in [9.17, 15) is 22.8 Å². The van der Waals surface area contributed by atoms with Crippen molar-refractivity contribution in [3.05, 3.63) is 65.7 Å².